The minimum atomic E-state index is -0.124. The van der Waals surface area contributed by atoms with E-state index in [1.165, 1.54) is 4.90 Å². The average Bonchev–Trinajstić information content (AvgIpc) is 3.04. The van der Waals surface area contributed by atoms with E-state index in [0.717, 1.165) is 10.9 Å². The first-order valence-corrected chi connectivity index (χ1v) is 7.28. The van der Waals surface area contributed by atoms with E-state index in [9.17, 15) is 9.59 Å². The van der Waals surface area contributed by atoms with Crippen LogP contribution in [0.1, 0.15) is 6.42 Å². The Morgan fingerprint density at radius 2 is 1.68 bits per heavy atom. The Kier molecular flexibility index (Phi) is 2.28. The molecule has 1 heterocycles. The van der Waals surface area contributed by atoms with Gasteiger partial charge >= 0.3 is 0 Å². The van der Waals surface area contributed by atoms with E-state index in [-0.39, 0.29) is 35.5 Å². The van der Waals surface area contributed by atoms with Gasteiger partial charge in [0.15, 0.2) is 0 Å². The molecule has 19 heavy (non-hydrogen) atoms. The number of anilines is 1. The highest BCUT2D eigenvalue weighted by molar-refractivity contribution is 9.10. The first kappa shape index (κ1) is 11.4. The number of carbonyl (C=O) groups excluding carboxylic acids is 2. The maximum atomic E-state index is 12.6. The van der Waals surface area contributed by atoms with Gasteiger partial charge in [-0.15, -0.1) is 0 Å². The molecule has 0 aromatic heterocycles. The number of hydrogen-bond acceptors (Lipinski definition) is 2. The SMILES string of the molecule is O=C1[C@@H]2[C@H](C(=O)N1c1cccc(Br)c1)[C@H]1C=C[C@@H]2C1. The number of rotatable bonds is 1. The summed E-state index contributed by atoms with van der Waals surface area (Å²) in [6, 6.07) is 7.38. The van der Waals surface area contributed by atoms with Crippen molar-refractivity contribution < 1.29 is 9.59 Å². The summed E-state index contributed by atoms with van der Waals surface area (Å²) in [6.45, 7) is 0. The van der Waals surface area contributed by atoms with Crippen molar-refractivity contribution in [3.8, 4) is 0 Å². The van der Waals surface area contributed by atoms with Crippen LogP contribution < -0.4 is 4.90 Å². The predicted molar refractivity (Wildman–Crippen MR) is 74.4 cm³/mol. The van der Waals surface area contributed by atoms with Crippen LogP contribution in [0.15, 0.2) is 40.9 Å². The molecule has 0 radical (unpaired) electrons. The van der Waals surface area contributed by atoms with E-state index in [1.807, 2.05) is 24.3 Å². The molecule has 0 unspecified atom stereocenters. The van der Waals surface area contributed by atoms with Crippen molar-refractivity contribution in [3.05, 3.63) is 40.9 Å². The Labute approximate surface area is 119 Å². The number of fused-ring (bicyclic) bond motifs is 5. The Hall–Kier alpha value is -1.42. The highest BCUT2D eigenvalue weighted by Crippen LogP contribution is 2.53. The molecule has 1 aromatic rings. The highest BCUT2D eigenvalue weighted by Gasteiger charge is 2.59. The molecule has 4 atom stereocenters. The zero-order valence-corrected chi connectivity index (χ0v) is 11.7. The van der Waals surface area contributed by atoms with E-state index in [0.29, 0.717) is 5.69 Å². The summed E-state index contributed by atoms with van der Waals surface area (Å²) < 4.78 is 0.878. The smallest absolute Gasteiger partial charge is 0.238 e. The van der Waals surface area contributed by atoms with Crippen molar-refractivity contribution in [1.29, 1.82) is 0 Å². The molecule has 2 amide bonds. The topological polar surface area (TPSA) is 37.4 Å². The number of amides is 2. The Bertz CT molecular complexity index is 594. The van der Waals surface area contributed by atoms with E-state index in [1.54, 1.807) is 0 Å². The molecule has 4 heteroatoms. The van der Waals surface area contributed by atoms with Crippen molar-refractivity contribution >= 4 is 33.4 Å². The van der Waals surface area contributed by atoms with Crippen LogP contribution in [0.5, 0.6) is 0 Å². The predicted octanol–water partition coefficient (Wildman–Crippen LogP) is 2.76. The fourth-order valence-corrected chi connectivity index (χ4v) is 4.16. The largest absolute Gasteiger partial charge is 0.274 e. The number of nitrogens with zero attached hydrogens (tertiary/aromatic N) is 1. The van der Waals surface area contributed by atoms with Crippen LogP contribution in [-0.2, 0) is 9.59 Å². The van der Waals surface area contributed by atoms with Crippen LogP contribution in [0.4, 0.5) is 5.69 Å². The minimum Gasteiger partial charge on any atom is -0.274 e. The third-order valence-electron chi connectivity index (χ3n) is 4.54. The van der Waals surface area contributed by atoms with Gasteiger partial charge in [0.05, 0.1) is 17.5 Å². The molecule has 3 nitrogen and oxygen atoms in total. The monoisotopic (exact) mass is 317 g/mol. The van der Waals surface area contributed by atoms with Gasteiger partial charge in [0.2, 0.25) is 11.8 Å². The van der Waals surface area contributed by atoms with Crippen molar-refractivity contribution in [3.63, 3.8) is 0 Å². The number of hydrogen-bond donors (Lipinski definition) is 0. The molecular weight excluding hydrogens is 306 g/mol. The minimum absolute atomic E-state index is 0.0232. The van der Waals surface area contributed by atoms with E-state index in [2.05, 4.69) is 28.1 Å². The molecule has 1 saturated carbocycles. The molecule has 2 fully saturated rings. The molecule has 0 N–H and O–H groups in total. The summed E-state index contributed by atoms with van der Waals surface area (Å²) in [7, 11) is 0. The summed E-state index contributed by atoms with van der Waals surface area (Å²) in [5, 5.41) is 0. The van der Waals surface area contributed by atoms with Crippen LogP contribution in [0.25, 0.3) is 0 Å². The number of halogens is 1. The second-order valence-corrected chi connectivity index (χ2v) is 6.41. The summed E-state index contributed by atoms with van der Waals surface area (Å²) in [5.74, 6) is 0.241. The third-order valence-corrected chi connectivity index (χ3v) is 5.03. The quantitative estimate of drug-likeness (QED) is 0.590. The zero-order chi connectivity index (χ0) is 13.1. The molecular formula is C15H12BrNO2. The Balaban J connectivity index is 1.77. The molecule has 2 aliphatic carbocycles. The van der Waals surface area contributed by atoms with Gasteiger partial charge in [0.1, 0.15) is 0 Å². The van der Waals surface area contributed by atoms with Gasteiger partial charge in [-0.25, -0.2) is 4.90 Å². The van der Waals surface area contributed by atoms with Gasteiger partial charge in [0.25, 0.3) is 0 Å². The molecule has 2 bridgehead atoms. The molecule has 3 aliphatic rings. The lowest BCUT2D eigenvalue weighted by atomic mass is 9.85. The van der Waals surface area contributed by atoms with Crippen LogP contribution in [0.2, 0.25) is 0 Å². The standard InChI is InChI=1S/C15H12BrNO2/c16-10-2-1-3-11(7-10)17-14(18)12-8-4-5-9(6-8)13(12)15(17)19/h1-5,7-9,12-13H,6H2/t8-,9+,12+,13-. The number of benzene rings is 1. The number of carbonyl (C=O) groups is 2. The lowest BCUT2D eigenvalue weighted by molar-refractivity contribution is -0.123. The second-order valence-electron chi connectivity index (χ2n) is 5.49. The van der Waals surface area contributed by atoms with E-state index in [4.69, 9.17) is 0 Å². The molecule has 1 aliphatic heterocycles. The van der Waals surface area contributed by atoms with Gasteiger partial charge in [-0.2, -0.15) is 0 Å². The van der Waals surface area contributed by atoms with Gasteiger partial charge in [0, 0.05) is 4.47 Å². The number of imide groups is 1. The summed E-state index contributed by atoms with van der Waals surface area (Å²) in [5.41, 5.74) is 0.679. The van der Waals surface area contributed by atoms with Crippen LogP contribution in [0, 0.1) is 23.7 Å². The lowest BCUT2D eigenvalue weighted by Gasteiger charge is -2.17. The zero-order valence-electron chi connectivity index (χ0n) is 10.1. The first-order chi connectivity index (χ1) is 9.16. The van der Waals surface area contributed by atoms with Gasteiger partial charge in [-0.1, -0.05) is 34.1 Å². The highest BCUT2D eigenvalue weighted by atomic mass is 79.9. The fourth-order valence-electron chi connectivity index (χ4n) is 3.77. The second kappa shape index (κ2) is 3.79. The van der Waals surface area contributed by atoms with Crippen molar-refractivity contribution in [1.82, 2.24) is 0 Å². The van der Waals surface area contributed by atoms with Crippen molar-refractivity contribution in [2.75, 3.05) is 4.90 Å². The van der Waals surface area contributed by atoms with Crippen molar-refractivity contribution in [2.24, 2.45) is 23.7 Å². The van der Waals surface area contributed by atoms with Gasteiger partial charge in [-0.3, -0.25) is 9.59 Å². The normalized spacial score (nSPS) is 35.3. The number of allylic oxidation sites excluding steroid dienone is 2. The molecule has 1 saturated heterocycles. The Morgan fingerprint density at radius 1 is 1.05 bits per heavy atom. The maximum absolute atomic E-state index is 12.6. The Morgan fingerprint density at radius 3 is 2.26 bits per heavy atom. The summed E-state index contributed by atoms with van der Waals surface area (Å²) >= 11 is 3.38. The van der Waals surface area contributed by atoms with E-state index < -0.39 is 0 Å². The first-order valence-electron chi connectivity index (χ1n) is 6.48. The van der Waals surface area contributed by atoms with E-state index >= 15 is 0 Å². The van der Waals surface area contributed by atoms with Crippen molar-refractivity contribution in [2.45, 2.75) is 6.42 Å². The molecule has 96 valence electrons. The van der Waals surface area contributed by atoms with Crippen LogP contribution in [-0.4, -0.2) is 11.8 Å². The van der Waals surface area contributed by atoms with Gasteiger partial charge in [-0.05, 0) is 36.5 Å². The summed E-state index contributed by atoms with van der Waals surface area (Å²) in [6.07, 6.45) is 5.20. The molecule has 1 aromatic carbocycles. The average molecular weight is 318 g/mol. The van der Waals surface area contributed by atoms with Gasteiger partial charge < -0.3 is 0 Å². The van der Waals surface area contributed by atoms with Crippen LogP contribution in [0.3, 0.4) is 0 Å². The molecule has 4 rings (SSSR count). The third kappa shape index (κ3) is 1.43. The fraction of sp³-hybridized carbons (Fsp3) is 0.333. The summed E-state index contributed by atoms with van der Waals surface area (Å²) in [4.78, 5) is 26.5. The maximum Gasteiger partial charge on any atom is 0.238 e. The van der Waals surface area contributed by atoms with Crippen LogP contribution >= 0.6 is 15.9 Å². The lowest BCUT2D eigenvalue weighted by Crippen LogP contribution is -2.32. The molecule has 0 spiro atoms.